The molecule has 1 aromatic rings. The molecule has 6 N–H and O–H groups in total. The lowest BCUT2D eigenvalue weighted by Crippen LogP contribution is -2.64. The Kier molecular flexibility index (Phi) is 13.0. The second-order valence-electron chi connectivity index (χ2n) is 20.4. The van der Waals surface area contributed by atoms with Crippen molar-refractivity contribution in [2.24, 2.45) is 46.3 Å². The van der Waals surface area contributed by atoms with Gasteiger partial charge in [0.15, 0.2) is 18.9 Å². The Balaban J connectivity index is 0.886. The minimum Gasteiger partial charge on any atom is -0.497 e. The van der Waals surface area contributed by atoms with Gasteiger partial charge in [0.2, 0.25) is 5.79 Å². The highest BCUT2D eigenvalue weighted by molar-refractivity contribution is 5.89. The Morgan fingerprint density at radius 2 is 1.73 bits per heavy atom. The number of aliphatic hydroxyl groups is 6. The van der Waals surface area contributed by atoms with E-state index in [1.54, 1.807) is 26.2 Å². The van der Waals surface area contributed by atoms with Gasteiger partial charge in [-0.2, -0.15) is 0 Å². The van der Waals surface area contributed by atoms with E-state index in [-0.39, 0.29) is 59.4 Å². The Morgan fingerprint density at radius 3 is 2.44 bits per heavy atom. The molecule has 7 fully saturated rings. The van der Waals surface area contributed by atoms with Gasteiger partial charge in [-0.15, -0.1) is 0 Å². The first-order valence-corrected chi connectivity index (χ1v) is 23.2. The number of carbonyl (C=O) groups is 1. The molecule has 3 saturated carbocycles. The lowest BCUT2D eigenvalue weighted by atomic mass is 9.47. The highest BCUT2D eigenvalue weighted by atomic mass is 16.7. The molecule has 13 unspecified atom stereocenters. The molecule has 0 radical (unpaired) electrons. The quantitative estimate of drug-likeness (QED) is 0.139. The first-order valence-electron chi connectivity index (χ1n) is 23.2. The molecule has 4 heterocycles. The van der Waals surface area contributed by atoms with Gasteiger partial charge in [-0.3, -0.25) is 0 Å². The van der Waals surface area contributed by atoms with Crippen molar-refractivity contribution in [3.63, 3.8) is 0 Å². The van der Waals surface area contributed by atoms with E-state index < -0.39 is 80.1 Å². The topological polar surface area (TPSA) is 222 Å². The first kappa shape index (κ1) is 46.6. The largest absolute Gasteiger partial charge is 0.497 e. The second kappa shape index (κ2) is 17.8. The van der Waals surface area contributed by atoms with Gasteiger partial charge in [-0.1, -0.05) is 37.1 Å². The molecule has 4 aliphatic carbocycles. The van der Waals surface area contributed by atoms with Crippen molar-refractivity contribution in [1.82, 2.24) is 0 Å². The Hall–Kier alpha value is -2.55. The number of methoxy groups -OCH3 is 2. The third-order valence-corrected chi connectivity index (χ3v) is 16.7. The summed E-state index contributed by atoms with van der Waals surface area (Å²) in [5, 5.41) is 66.7. The van der Waals surface area contributed by atoms with Gasteiger partial charge in [0, 0.05) is 24.4 Å². The van der Waals surface area contributed by atoms with E-state index in [1.807, 2.05) is 13.8 Å². The molecule has 1 aromatic carbocycles. The first-order chi connectivity index (χ1) is 30.6. The summed E-state index contributed by atoms with van der Waals surface area (Å²) in [7, 11) is 3.25. The zero-order chi connectivity index (χ0) is 45.5. The lowest BCUT2D eigenvalue weighted by molar-refractivity contribution is -0.358. The molecule has 8 aliphatic rings. The summed E-state index contributed by atoms with van der Waals surface area (Å²) in [6.45, 7) is 6.78. The summed E-state index contributed by atoms with van der Waals surface area (Å²) in [4.78, 5) is 13.1. The Morgan fingerprint density at radius 1 is 0.969 bits per heavy atom. The highest BCUT2D eigenvalue weighted by Crippen LogP contribution is 2.72. The number of carbonyl (C=O) groups excluding carboxylic acids is 1. The van der Waals surface area contributed by atoms with Crippen molar-refractivity contribution < 1.29 is 78.1 Å². The van der Waals surface area contributed by atoms with Crippen LogP contribution in [0.3, 0.4) is 0 Å². The van der Waals surface area contributed by atoms with E-state index in [4.69, 9.17) is 42.6 Å². The van der Waals surface area contributed by atoms with Crippen LogP contribution in [0.1, 0.15) is 83.0 Å². The monoisotopic (exact) mass is 900 g/mol. The number of esters is 1. The molecule has 16 heteroatoms. The number of fused-ring (bicyclic) bond motifs is 4. The van der Waals surface area contributed by atoms with Crippen molar-refractivity contribution in [2.45, 2.75) is 152 Å². The molecule has 64 heavy (non-hydrogen) atoms. The molecule has 21 atom stereocenters. The smallest absolute Gasteiger partial charge is 0.338 e. The summed E-state index contributed by atoms with van der Waals surface area (Å²) in [5.74, 6) is -2.07. The molecule has 356 valence electrons. The summed E-state index contributed by atoms with van der Waals surface area (Å²) < 4.78 is 54.7. The zero-order valence-corrected chi connectivity index (χ0v) is 37.7. The average Bonchev–Trinajstić information content (AvgIpc) is 3.79. The predicted octanol–water partition coefficient (Wildman–Crippen LogP) is 2.99. The van der Waals surface area contributed by atoms with Gasteiger partial charge in [0.25, 0.3) is 0 Å². The van der Waals surface area contributed by atoms with Crippen LogP contribution in [0.4, 0.5) is 0 Å². The number of hydrogen-bond donors (Lipinski definition) is 6. The molecule has 16 nitrogen and oxygen atoms in total. The van der Waals surface area contributed by atoms with E-state index >= 15 is 0 Å². The fraction of sp³-hybridized carbons (Fsp3) is 0.771. The maximum absolute atomic E-state index is 13.1. The van der Waals surface area contributed by atoms with Crippen molar-refractivity contribution in [1.29, 1.82) is 0 Å². The van der Waals surface area contributed by atoms with Crippen LogP contribution >= 0.6 is 0 Å². The van der Waals surface area contributed by atoms with Crippen molar-refractivity contribution in [3.05, 3.63) is 53.1 Å². The number of allylic oxidation sites excluding steroid dienone is 2. The minimum atomic E-state index is -2.37. The lowest BCUT2D eigenvalue weighted by Gasteiger charge is -2.58. The van der Waals surface area contributed by atoms with E-state index in [0.717, 1.165) is 37.7 Å². The van der Waals surface area contributed by atoms with Crippen LogP contribution < -0.4 is 4.74 Å². The molecule has 0 bridgehead atoms. The van der Waals surface area contributed by atoms with Gasteiger partial charge in [-0.25, -0.2) is 4.79 Å². The van der Waals surface area contributed by atoms with Crippen LogP contribution in [0.15, 0.2) is 47.6 Å². The summed E-state index contributed by atoms with van der Waals surface area (Å²) >= 11 is 0. The van der Waals surface area contributed by atoms with Crippen LogP contribution in [-0.2, 0) is 37.9 Å². The van der Waals surface area contributed by atoms with E-state index in [0.29, 0.717) is 36.3 Å². The maximum Gasteiger partial charge on any atom is 0.338 e. The molecule has 4 aliphatic heterocycles. The van der Waals surface area contributed by atoms with Crippen LogP contribution in [0.5, 0.6) is 5.75 Å². The number of benzene rings is 1. The van der Waals surface area contributed by atoms with E-state index in [9.17, 15) is 35.4 Å². The van der Waals surface area contributed by atoms with Crippen molar-refractivity contribution in [2.75, 3.05) is 34.0 Å². The van der Waals surface area contributed by atoms with Crippen LogP contribution in [0.25, 0.3) is 0 Å². The third-order valence-electron chi connectivity index (χ3n) is 16.7. The van der Waals surface area contributed by atoms with Crippen molar-refractivity contribution in [3.8, 4) is 5.75 Å². The summed E-state index contributed by atoms with van der Waals surface area (Å²) in [5.41, 5.74) is 2.35. The summed E-state index contributed by atoms with van der Waals surface area (Å²) in [6.07, 6.45) is -1.53. The van der Waals surface area contributed by atoms with Crippen LogP contribution in [-0.4, -0.2) is 150 Å². The van der Waals surface area contributed by atoms with Crippen LogP contribution in [0, 0.1) is 46.3 Å². The van der Waals surface area contributed by atoms with E-state index in [1.165, 1.54) is 24.8 Å². The van der Waals surface area contributed by atoms with E-state index in [2.05, 4.69) is 19.1 Å². The molecule has 0 amide bonds. The second-order valence-corrected chi connectivity index (χ2v) is 20.4. The molecular weight excluding hydrogens is 833 g/mol. The average molecular weight is 901 g/mol. The molecular formula is C48H68O16. The third kappa shape index (κ3) is 7.70. The molecule has 1 spiro atoms. The zero-order valence-electron chi connectivity index (χ0n) is 37.7. The predicted molar refractivity (Wildman–Crippen MR) is 225 cm³/mol. The van der Waals surface area contributed by atoms with Gasteiger partial charge < -0.3 is 73.3 Å². The van der Waals surface area contributed by atoms with Gasteiger partial charge in [0.05, 0.1) is 50.1 Å². The molecule has 9 rings (SSSR count). The maximum atomic E-state index is 13.1. The molecule has 0 aromatic heterocycles. The summed E-state index contributed by atoms with van der Waals surface area (Å²) in [6, 6.07) is 6.27. The number of ether oxygens (including phenoxy) is 9. The van der Waals surface area contributed by atoms with Gasteiger partial charge in [0.1, 0.15) is 49.0 Å². The number of aliphatic hydroxyl groups excluding tert-OH is 5. The number of rotatable bonds is 11. The van der Waals surface area contributed by atoms with Crippen LogP contribution in [0.2, 0.25) is 0 Å². The Bertz CT molecular complexity index is 1910. The van der Waals surface area contributed by atoms with Crippen molar-refractivity contribution >= 4 is 5.97 Å². The highest BCUT2D eigenvalue weighted by Gasteiger charge is 2.74. The Labute approximate surface area is 374 Å². The normalized spacial score (nSPS) is 48.2. The number of hydrogen-bond acceptors (Lipinski definition) is 16. The molecule has 4 saturated heterocycles. The van der Waals surface area contributed by atoms with Gasteiger partial charge in [-0.05, 0) is 106 Å². The fourth-order valence-electron chi connectivity index (χ4n) is 13.6. The SMILES string of the molecule is COc1ccc(C(=O)OC2C(C)COC(O)(COC3C(O[C@H]4CC[C@@]5(C)C(=CCC6C5CC[C@@]57C8[C@@H](O[C@H]5OC)C(C=C(C)C)[C@H](O)O[C@H]8C[C@@H]67)C4)OC(CO)C(O)C3O)C2O)cc1. The minimum absolute atomic E-state index is 0.0913. The fourth-order valence-corrected chi connectivity index (χ4v) is 13.6. The standard InChI is InChI=1S/C48H68O16/c1-23(2)17-30-39-35-33(61-43(30)54)19-32-29-12-9-26-18-28(13-15-46(26,4)31(29)14-16-47(32,35)45(57-6)64-39)60-44-40(37(51)36(50)34(20-49)62-44)58-22-48(55)41(52)38(24(3)21-59-48)63-42(53)25-7-10-27(56-5)11-8-25/h7-11,17,24,28-41,43-45,49-52,54-55H,12-16,18-22H2,1-6H3/t24?,28-,29?,30?,31?,32-,33-,34?,35?,36?,37?,38?,39-,40?,41?,43+,44?,45+,46-,47+,48?/m0/s1. The van der Waals surface area contributed by atoms with Gasteiger partial charge >= 0.3 is 5.97 Å².